The van der Waals surface area contributed by atoms with E-state index in [2.05, 4.69) is 55.9 Å². The van der Waals surface area contributed by atoms with Gasteiger partial charge in [-0.1, -0.05) is 24.6 Å². The lowest BCUT2D eigenvalue weighted by Gasteiger charge is -2.43. The van der Waals surface area contributed by atoms with Crippen LogP contribution in [0.1, 0.15) is 122 Å². The number of aliphatic hydroxyl groups excluding tert-OH is 2. The third-order valence-corrected chi connectivity index (χ3v) is 12.4. The third-order valence-electron chi connectivity index (χ3n) is 12.4. The Hall–Kier alpha value is -3.85. The van der Waals surface area contributed by atoms with Crippen LogP contribution in [0.15, 0.2) is 36.7 Å². The lowest BCUT2D eigenvalue weighted by Crippen LogP contribution is -2.44. The summed E-state index contributed by atoms with van der Waals surface area (Å²) in [5, 5.41) is 24.3. The summed E-state index contributed by atoms with van der Waals surface area (Å²) in [7, 11) is 0. The molecule has 3 fully saturated rings. The summed E-state index contributed by atoms with van der Waals surface area (Å²) in [5.74, 6) is 2.45. The van der Waals surface area contributed by atoms with E-state index in [1.165, 1.54) is 17.0 Å². The number of likely N-dealkylation sites (tertiary alicyclic amines) is 2. The van der Waals surface area contributed by atoms with Crippen LogP contribution in [-0.4, -0.2) is 94.4 Å². The molecule has 1 aromatic carbocycles. The smallest absolute Gasteiger partial charge is 0.217 e. The lowest BCUT2D eigenvalue weighted by molar-refractivity contribution is -0.244. The van der Waals surface area contributed by atoms with Crippen molar-refractivity contribution in [2.45, 2.75) is 141 Å². The normalized spacial score (nSPS) is 26.0. The third kappa shape index (κ3) is 7.63. The van der Waals surface area contributed by atoms with Gasteiger partial charge in [0.2, 0.25) is 12.8 Å². The van der Waals surface area contributed by atoms with E-state index in [1.54, 1.807) is 11.1 Å². The van der Waals surface area contributed by atoms with E-state index in [4.69, 9.17) is 19.2 Å². The highest BCUT2D eigenvalue weighted by atomic mass is 19.1. The highest BCUT2D eigenvalue weighted by Gasteiger charge is 2.42. The van der Waals surface area contributed by atoms with Crippen LogP contribution in [0.3, 0.4) is 0 Å². The van der Waals surface area contributed by atoms with Crippen LogP contribution in [0.25, 0.3) is 34.7 Å². The van der Waals surface area contributed by atoms with Gasteiger partial charge in [-0.3, -0.25) is 0 Å². The van der Waals surface area contributed by atoms with Crippen LogP contribution in [0.2, 0.25) is 0 Å². The first-order valence-corrected chi connectivity index (χ1v) is 20.8. The molecule has 3 aliphatic heterocycles. The van der Waals surface area contributed by atoms with Gasteiger partial charge in [0.15, 0.2) is 0 Å². The second-order valence-corrected chi connectivity index (χ2v) is 19.0. The molecule has 0 amide bonds. The number of benzene rings is 1. The van der Waals surface area contributed by atoms with Gasteiger partial charge >= 0.3 is 0 Å². The number of alkyl halides is 1. The van der Waals surface area contributed by atoms with Crippen molar-refractivity contribution in [2.24, 2.45) is 5.41 Å². The fourth-order valence-corrected chi connectivity index (χ4v) is 9.49. The zero-order valence-electron chi connectivity index (χ0n) is 34.1. The minimum Gasteiger partial charge on any atom is -0.492 e. The Morgan fingerprint density at radius 3 is 2.40 bits per heavy atom. The van der Waals surface area contributed by atoms with Gasteiger partial charge in [-0.15, -0.1) is 0 Å². The molecule has 6 unspecified atom stereocenters. The van der Waals surface area contributed by atoms with Crippen molar-refractivity contribution in [3.05, 3.63) is 64.6 Å². The van der Waals surface area contributed by atoms with E-state index in [-0.39, 0.29) is 30.3 Å². The van der Waals surface area contributed by atoms with Gasteiger partial charge in [0, 0.05) is 65.8 Å². The SMILES string of the molecule is CC(C)(C)OC(O)N1CC(F)CC1c1ncc(-c2ccc3c(c2)OCC2(CCC2)Cn2c-3cc3c2=CCC(c2cnc(C4CCCN4C(O)OC(C)(C)C)[nH]2)C=3)[nH]1. The zero-order chi connectivity index (χ0) is 39.9. The van der Waals surface area contributed by atoms with Crippen molar-refractivity contribution in [2.75, 3.05) is 19.7 Å². The van der Waals surface area contributed by atoms with E-state index in [0.717, 1.165) is 85.0 Å². The molecule has 0 bridgehead atoms. The first-order valence-electron chi connectivity index (χ1n) is 20.8. The summed E-state index contributed by atoms with van der Waals surface area (Å²) in [6.45, 7) is 13.9. The number of nitrogens with zero attached hydrogens (tertiary/aromatic N) is 5. The number of aromatic nitrogens is 5. The number of hydrogen-bond donors (Lipinski definition) is 4. The minimum atomic E-state index is -1.24. The minimum absolute atomic E-state index is 0.0252. The molecule has 1 spiro atoms. The average Bonchev–Trinajstić information content (AvgIpc) is 3.96. The second kappa shape index (κ2) is 14.5. The number of imidazole rings is 2. The Bertz CT molecular complexity index is 2230. The van der Waals surface area contributed by atoms with E-state index in [1.807, 2.05) is 52.6 Å². The molecule has 12 nitrogen and oxygen atoms in total. The van der Waals surface area contributed by atoms with Crippen LogP contribution in [0, 0.1) is 5.41 Å². The average molecular weight is 784 g/mol. The molecular weight excluding hydrogens is 726 g/mol. The van der Waals surface area contributed by atoms with Gasteiger partial charge in [-0.25, -0.2) is 24.2 Å². The summed E-state index contributed by atoms with van der Waals surface area (Å²) < 4.78 is 35.7. The molecule has 6 atom stereocenters. The molecule has 4 aromatic rings. The Labute approximate surface area is 333 Å². The fourth-order valence-electron chi connectivity index (χ4n) is 9.49. The molecule has 2 aliphatic carbocycles. The van der Waals surface area contributed by atoms with Gasteiger partial charge in [-0.05, 0) is 97.1 Å². The van der Waals surface area contributed by atoms with Crippen molar-refractivity contribution < 1.29 is 28.8 Å². The largest absolute Gasteiger partial charge is 0.492 e. The number of fused-ring (bicyclic) bond motifs is 5. The maximum absolute atomic E-state index is 14.8. The molecule has 13 heteroatoms. The molecule has 6 heterocycles. The summed E-state index contributed by atoms with van der Waals surface area (Å²) in [4.78, 5) is 20.2. The number of ether oxygens (including phenoxy) is 3. The maximum atomic E-state index is 14.8. The van der Waals surface area contributed by atoms with Crippen LogP contribution in [0.5, 0.6) is 5.75 Å². The van der Waals surface area contributed by atoms with Crippen molar-refractivity contribution in [1.29, 1.82) is 0 Å². The predicted octanol–water partition coefficient (Wildman–Crippen LogP) is 5.98. The number of hydrogen-bond acceptors (Lipinski definition) is 9. The number of H-pyrrole nitrogens is 2. The van der Waals surface area contributed by atoms with Crippen LogP contribution in [-0.2, 0) is 16.0 Å². The summed E-state index contributed by atoms with van der Waals surface area (Å²) in [6.07, 6.45) is 11.6. The highest BCUT2D eigenvalue weighted by Crippen LogP contribution is 2.46. The molecule has 306 valence electrons. The van der Waals surface area contributed by atoms with Crippen molar-refractivity contribution in [3.63, 3.8) is 0 Å². The summed E-state index contributed by atoms with van der Waals surface area (Å²) in [6, 6.07) is 8.18. The van der Waals surface area contributed by atoms with E-state index < -0.39 is 36.2 Å². The van der Waals surface area contributed by atoms with Crippen LogP contribution >= 0.6 is 0 Å². The number of rotatable bonds is 8. The fraction of sp³-hybridized carbons (Fsp3) is 0.591. The first-order chi connectivity index (χ1) is 27.1. The van der Waals surface area contributed by atoms with Gasteiger partial charge in [0.25, 0.3) is 0 Å². The molecule has 4 N–H and O–H groups in total. The van der Waals surface area contributed by atoms with Crippen molar-refractivity contribution in [1.82, 2.24) is 34.3 Å². The van der Waals surface area contributed by atoms with Crippen molar-refractivity contribution in [3.8, 4) is 28.3 Å². The molecule has 57 heavy (non-hydrogen) atoms. The maximum Gasteiger partial charge on any atom is 0.217 e. The molecule has 0 radical (unpaired) electrons. The predicted molar refractivity (Wildman–Crippen MR) is 215 cm³/mol. The Morgan fingerprint density at radius 1 is 0.930 bits per heavy atom. The Balaban J connectivity index is 1.00. The van der Waals surface area contributed by atoms with Gasteiger partial charge in [-0.2, -0.15) is 0 Å². The number of aromatic amines is 2. The first kappa shape index (κ1) is 38.7. The monoisotopic (exact) mass is 783 g/mol. The van der Waals surface area contributed by atoms with Gasteiger partial charge in [0.1, 0.15) is 23.6 Å². The van der Waals surface area contributed by atoms with Gasteiger partial charge < -0.3 is 39.0 Å². The molecule has 9 rings (SSSR count). The topological polar surface area (TPSA) is 137 Å². The zero-order valence-corrected chi connectivity index (χ0v) is 34.1. The van der Waals surface area contributed by atoms with Crippen molar-refractivity contribution >= 4 is 12.2 Å². The van der Waals surface area contributed by atoms with E-state index >= 15 is 0 Å². The standard InChI is InChI=1S/C44H58FN7O5/c1-42(2,3)56-40(53)50-16-7-9-34(50)38-46-21-31(48-38)26-11-13-33-28(17-26)18-35-30-12-10-27(19-37(30)55-25-44(14-8-15-44)24-52(33)35)32-22-47-39(49-32)36-20-29(45)23-51(36)41(54)57-43(4,5)6/h10,12-13,17-19,21-22,26,29,34,36,40-41,53-54H,7-9,11,14-16,20,23-25H2,1-6H3,(H,46,48)(H,47,49). The molecule has 3 aromatic heterocycles. The Kier molecular flexibility index (Phi) is 9.80. The summed E-state index contributed by atoms with van der Waals surface area (Å²) >= 11 is 0. The van der Waals surface area contributed by atoms with E-state index in [9.17, 15) is 14.6 Å². The van der Waals surface area contributed by atoms with Gasteiger partial charge in [0.05, 0.1) is 47.5 Å². The lowest BCUT2D eigenvalue weighted by atomic mass is 9.69. The molecule has 5 aliphatic rings. The van der Waals surface area contributed by atoms with Crippen LogP contribution in [0.4, 0.5) is 4.39 Å². The highest BCUT2D eigenvalue weighted by molar-refractivity contribution is 5.75. The Morgan fingerprint density at radius 2 is 1.67 bits per heavy atom. The number of nitrogens with one attached hydrogen (secondary N) is 2. The van der Waals surface area contributed by atoms with E-state index in [0.29, 0.717) is 12.4 Å². The summed E-state index contributed by atoms with van der Waals surface area (Å²) in [5.41, 5.74) is 4.05. The number of halogens is 1. The molecule has 1 saturated carbocycles. The number of aliphatic hydroxyl groups is 2. The van der Waals surface area contributed by atoms with Crippen LogP contribution < -0.4 is 15.3 Å². The second-order valence-electron chi connectivity index (χ2n) is 19.0. The molecule has 2 saturated heterocycles. The molecular formula is C44H58FN7O5. The quantitative estimate of drug-likeness (QED) is 0.159.